The van der Waals surface area contributed by atoms with Crippen LogP contribution in [0.4, 0.5) is 10.3 Å². The summed E-state index contributed by atoms with van der Waals surface area (Å²) in [6.07, 6.45) is 2.01. The molecule has 0 amide bonds. The van der Waals surface area contributed by atoms with Gasteiger partial charge in [0.2, 0.25) is 5.95 Å². The molecule has 1 aromatic heterocycles. The summed E-state index contributed by atoms with van der Waals surface area (Å²) in [5, 5.41) is 0. The van der Waals surface area contributed by atoms with E-state index >= 15 is 0 Å². The number of nitrogens with zero attached hydrogens (tertiary/aromatic N) is 3. The lowest BCUT2D eigenvalue weighted by molar-refractivity contribution is 0.122. The van der Waals surface area contributed by atoms with Gasteiger partial charge in [-0.05, 0) is 25.5 Å². The van der Waals surface area contributed by atoms with Crippen LogP contribution >= 0.6 is 0 Å². The molecule has 0 radical (unpaired) electrons. The number of aromatic nitrogens is 2. The molecule has 2 aromatic rings. The van der Waals surface area contributed by atoms with Gasteiger partial charge in [0.25, 0.3) is 5.56 Å². The number of aromatic amines is 1. The topological polar surface area (TPSA) is 61.5 Å². The van der Waals surface area contributed by atoms with Gasteiger partial charge in [0.1, 0.15) is 5.82 Å². The normalized spacial score (nSPS) is 21.4. The first-order valence-electron chi connectivity index (χ1n) is 9.59. The van der Waals surface area contributed by atoms with Gasteiger partial charge in [-0.2, -0.15) is 0 Å². The monoisotopic (exact) mass is 372 g/mol. The van der Waals surface area contributed by atoms with E-state index in [-0.39, 0.29) is 17.3 Å². The largest absolute Gasteiger partial charge is 0.378 e. The maximum Gasteiger partial charge on any atom is 0.252 e. The molecule has 0 saturated carbocycles. The molecule has 2 saturated heterocycles. The molecule has 27 heavy (non-hydrogen) atoms. The van der Waals surface area contributed by atoms with Crippen molar-refractivity contribution < 1.29 is 9.13 Å². The average Bonchev–Trinajstić information content (AvgIpc) is 2.70. The highest BCUT2D eigenvalue weighted by Gasteiger charge is 2.25. The van der Waals surface area contributed by atoms with Crippen molar-refractivity contribution in [3.05, 3.63) is 57.8 Å². The standard InChI is InChI=1S/C20H25FN4O2/c21-17-6-2-1-4-15(17)13-24-7-3-5-16(14-24)18-12-19(26)23-20(22-18)25-8-10-27-11-9-25/h1-2,4,6,12,16H,3,5,7-11,13-14H2,(H,22,23,26). The molecule has 0 bridgehead atoms. The zero-order valence-corrected chi connectivity index (χ0v) is 15.4. The number of halogens is 1. The van der Waals surface area contributed by atoms with E-state index in [0.717, 1.165) is 44.7 Å². The molecule has 7 heteroatoms. The lowest BCUT2D eigenvalue weighted by Crippen LogP contribution is -2.39. The quantitative estimate of drug-likeness (QED) is 0.891. The minimum absolute atomic E-state index is 0.118. The summed E-state index contributed by atoms with van der Waals surface area (Å²) in [6, 6.07) is 8.53. The lowest BCUT2D eigenvalue weighted by Gasteiger charge is -2.33. The Bertz CT molecular complexity index is 835. The fraction of sp³-hybridized carbons (Fsp3) is 0.500. The SMILES string of the molecule is O=c1cc(C2CCCN(Cc3ccccc3F)C2)nc(N2CCOCC2)[nH]1. The molecule has 1 atom stereocenters. The second-order valence-electron chi connectivity index (χ2n) is 7.26. The first-order chi connectivity index (χ1) is 13.2. The number of piperidine rings is 1. The van der Waals surface area contributed by atoms with E-state index in [2.05, 4.69) is 14.8 Å². The number of H-pyrrole nitrogens is 1. The van der Waals surface area contributed by atoms with Crippen molar-refractivity contribution in [3.8, 4) is 0 Å². The molecule has 1 unspecified atom stereocenters. The highest BCUT2D eigenvalue weighted by Crippen LogP contribution is 2.27. The third-order valence-electron chi connectivity index (χ3n) is 5.34. The number of ether oxygens (including phenoxy) is 1. The molecule has 3 heterocycles. The van der Waals surface area contributed by atoms with Gasteiger partial charge in [0, 0.05) is 43.7 Å². The van der Waals surface area contributed by atoms with Crippen LogP contribution in [0.5, 0.6) is 0 Å². The third kappa shape index (κ3) is 4.36. The van der Waals surface area contributed by atoms with Crippen molar-refractivity contribution in [3.63, 3.8) is 0 Å². The zero-order chi connectivity index (χ0) is 18.6. The van der Waals surface area contributed by atoms with Crippen LogP contribution < -0.4 is 10.5 Å². The van der Waals surface area contributed by atoms with Crippen molar-refractivity contribution in [1.29, 1.82) is 0 Å². The van der Waals surface area contributed by atoms with Crippen LogP contribution in [-0.2, 0) is 11.3 Å². The summed E-state index contributed by atoms with van der Waals surface area (Å²) in [5.41, 5.74) is 1.43. The van der Waals surface area contributed by atoms with Crippen LogP contribution in [-0.4, -0.2) is 54.3 Å². The van der Waals surface area contributed by atoms with Gasteiger partial charge in [0.15, 0.2) is 0 Å². The van der Waals surface area contributed by atoms with E-state index in [1.807, 2.05) is 12.1 Å². The van der Waals surface area contributed by atoms with Gasteiger partial charge < -0.3 is 9.64 Å². The summed E-state index contributed by atoms with van der Waals surface area (Å²) in [4.78, 5) is 24.1. The van der Waals surface area contributed by atoms with Crippen LogP contribution in [0, 0.1) is 5.82 Å². The number of morpholine rings is 1. The summed E-state index contributed by atoms with van der Waals surface area (Å²) >= 11 is 0. The lowest BCUT2D eigenvalue weighted by atomic mass is 9.94. The minimum Gasteiger partial charge on any atom is -0.378 e. The van der Waals surface area contributed by atoms with Gasteiger partial charge in [-0.1, -0.05) is 18.2 Å². The Labute approximate surface area is 158 Å². The molecule has 4 rings (SSSR count). The first-order valence-corrected chi connectivity index (χ1v) is 9.59. The number of hydrogen-bond donors (Lipinski definition) is 1. The Morgan fingerprint density at radius 1 is 1.22 bits per heavy atom. The summed E-state index contributed by atoms with van der Waals surface area (Å²) < 4.78 is 19.4. The van der Waals surface area contributed by atoms with Gasteiger partial charge in [-0.3, -0.25) is 14.7 Å². The van der Waals surface area contributed by atoms with Crippen LogP contribution in [0.1, 0.15) is 30.0 Å². The zero-order valence-electron chi connectivity index (χ0n) is 15.4. The predicted octanol–water partition coefficient (Wildman–Crippen LogP) is 2.13. The van der Waals surface area contributed by atoms with E-state index in [4.69, 9.17) is 9.72 Å². The number of rotatable bonds is 4. The Morgan fingerprint density at radius 2 is 2.04 bits per heavy atom. The summed E-state index contributed by atoms with van der Waals surface area (Å²) in [7, 11) is 0. The van der Waals surface area contributed by atoms with Crippen LogP contribution in [0.3, 0.4) is 0 Å². The van der Waals surface area contributed by atoms with Crippen molar-refractivity contribution in [2.45, 2.75) is 25.3 Å². The number of likely N-dealkylation sites (tertiary alicyclic amines) is 1. The van der Waals surface area contributed by atoms with Crippen molar-refractivity contribution >= 4 is 5.95 Å². The molecule has 1 N–H and O–H groups in total. The molecule has 2 aliphatic rings. The minimum atomic E-state index is -0.163. The molecule has 0 spiro atoms. The summed E-state index contributed by atoms with van der Waals surface area (Å²) in [6.45, 7) is 5.06. The number of benzene rings is 1. The molecule has 2 aliphatic heterocycles. The highest BCUT2D eigenvalue weighted by molar-refractivity contribution is 5.31. The molecule has 2 fully saturated rings. The van der Waals surface area contributed by atoms with Crippen LogP contribution in [0.2, 0.25) is 0 Å². The van der Waals surface area contributed by atoms with Crippen molar-refractivity contribution in [1.82, 2.24) is 14.9 Å². The molecule has 1 aromatic carbocycles. The van der Waals surface area contributed by atoms with Gasteiger partial charge in [0.05, 0.1) is 18.9 Å². The van der Waals surface area contributed by atoms with E-state index < -0.39 is 0 Å². The molecule has 144 valence electrons. The van der Waals surface area contributed by atoms with Gasteiger partial charge in [-0.25, -0.2) is 9.37 Å². The maximum atomic E-state index is 14.0. The molecular formula is C20H25FN4O2. The van der Waals surface area contributed by atoms with Crippen molar-refractivity contribution in [2.24, 2.45) is 0 Å². The Balaban J connectivity index is 1.50. The second-order valence-corrected chi connectivity index (χ2v) is 7.26. The fourth-order valence-electron chi connectivity index (χ4n) is 3.91. The molecular weight excluding hydrogens is 347 g/mol. The summed E-state index contributed by atoms with van der Waals surface area (Å²) in [5.74, 6) is 0.656. The third-order valence-corrected chi connectivity index (χ3v) is 5.34. The Morgan fingerprint density at radius 3 is 2.85 bits per heavy atom. The van der Waals surface area contributed by atoms with Crippen LogP contribution in [0.25, 0.3) is 0 Å². The van der Waals surface area contributed by atoms with E-state index in [1.165, 1.54) is 6.07 Å². The van der Waals surface area contributed by atoms with E-state index in [0.29, 0.717) is 31.3 Å². The highest BCUT2D eigenvalue weighted by atomic mass is 19.1. The average molecular weight is 372 g/mol. The van der Waals surface area contributed by atoms with E-state index in [9.17, 15) is 9.18 Å². The smallest absolute Gasteiger partial charge is 0.252 e. The second kappa shape index (κ2) is 8.19. The number of hydrogen-bond acceptors (Lipinski definition) is 5. The van der Waals surface area contributed by atoms with E-state index in [1.54, 1.807) is 12.1 Å². The molecule has 0 aliphatic carbocycles. The molecule has 6 nitrogen and oxygen atoms in total. The Kier molecular flexibility index (Phi) is 5.50. The maximum absolute atomic E-state index is 14.0. The fourth-order valence-corrected chi connectivity index (χ4v) is 3.91. The first kappa shape index (κ1) is 18.1. The number of nitrogens with one attached hydrogen (secondary N) is 1. The van der Waals surface area contributed by atoms with Gasteiger partial charge >= 0.3 is 0 Å². The number of anilines is 1. The van der Waals surface area contributed by atoms with Crippen LogP contribution in [0.15, 0.2) is 35.1 Å². The van der Waals surface area contributed by atoms with Crippen molar-refractivity contribution in [2.75, 3.05) is 44.3 Å². The van der Waals surface area contributed by atoms with Gasteiger partial charge in [-0.15, -0.1) is 0 Å². The Hall–Kier alpha value is -2.25. The predicted molar refractivity (Wildman–Crippen MR) is 102 cm³/mol.